The molecule has 3 rings (SSSR count). The number of aromatic nitrogens is 1. The van der Waals surface area contributed by atoms with E-state index in [1.807, 2.05) is 36.4 Å². The highest BCUT2D eigenvalue weighted by atomic mass is 32.1. The molecule has 3 N–H and O–H groups in total. The average molecular weight is 270 g/mol. The van der Waals surface area contributed by atoms with Crippen molar-refractivity contribution in [1.29, 1.82) is 0 Å². The zero-order chi connectivity index (χ0) is 13.4. The van der Waals surface area contributed by atoms with E-state index in [0.717, 1.165) is 15.8 Å². The maximum Gasteiger partial charge on any atom is 0.277 e. The molecular weight excluding hydrogens is 260 g/mol. The van der Waals surface area contributed by atoms with Crippen LogP contribution in [0.2, 0.25) is 0 Å². The van der Waals surface area contributed by atoms with Crippen LogP contribution in [0.15, 0.2) is 42.5 Å². The first kappa shape index (κ1) is 11.7. The van der Waals surface area contributed by atoms with Gasteiger partial charge < -0.3 is 10.8 Å². The lowest BCUT2D eigenvalue weighted by Gasteiger charge is -2.03. The number of fused-ring (bicyclic) bond motifs is 1. The minimum atomic E-state index is -0.584. The molecule has 1 amide bonds. The zero-order valence-electron chi connectivity index (χ0n) is 9.83. The minimum absolute atomic E-state index is 0.0541. The van der Waals surface area contributed by atoms with Gasteiger partial charge in [0.25, 0.3) is 5.91 Å². The third-order valence-corrected chi connectivity index (χ3v) is 3.92. The molecule has 0 bridgehead atoms. The number of nitrogens with zero attached hydrogens (tertiary/aromatic N) is 1. The van der Waals surface area contributed by atoms with E-state index < -0.39 is 5.91 Å². The summed E-state index contributed by atoms with van der Waals surface area (Å²) in [5.41, 5.74) is 7.60. The van der Waals surface area contributed by atoms with E-state index >= 15 is 0 Å². The number of primary amides is 1. The number of thiazole rings is 1. The molecular formula is C14H10N2O2S. The van der Waals surface area contributed by atoms with Gasteiger partial charge in [0.15, 0.2) is 5.01 Å². The lowest BCUT2D eigenvalue weighted by molar-refractivity contribution is 0.1000. The van der Waals surface area contributed by atoms with Crippen LogP contribution in [0.1, 0.15) is 9.80 Å². The molecule has 0 saturated carbocycles. The van der Waals surface area contributed by atoms with Crippen molar-refractivity contribution in [2.75, 3.05) is 0 Å². The summed E-state index contributed by atoms with van der Waals surface area (Å²) in [5, 5.41) is 10.0. The van der Waals surface area contributed by atoms with Gasteiger partial charge in [-0.15, -0.1) is 11.3 Å². The molecule has 19 heavy (non-hydrogen) atoms. The molecule has 2 aromatic carbocycles. The number of rotatable bonds is 2. The second-order valence-electron chi connectivity index (χ2n) is 4.06. The Bertz CT molecular complexity index is 766. The monoisotopic (exact) mass is 270 g/mol. The second-order valence-corrected chi connectivity index (χ2v) is 5.06. The number of hydrogen-bond acceptors (Lipinski definition) is 4. The van der Waals surface area contributed by atoms with Gasteiger partial charge in [-0.1, -0.05) is 30.3 Å². The first-order chi connectivity index (χ1) is 9.16. The number of phenols is 1. The van der Waals surface area contributed by atoms with Crippen molar-refractivity contribution in [3.05, 3.63) is 47.5 Å². The topological polar surface area (TPSA) is 76.2 Å². The fourth-order valence-corrected chi connectivity index (χ4v) is 2.92. The molecule has 3 aromatic rings. The molecule has 0 aliphatic heterocycles. The summed E-state index contributed by atoms with van der Waals surface area (Å²) in [7, 11) is 0. The first-order valence-corrected chi connectivity index (χ1v) is 6.46. The number of carbonyl (C=O) groups is 1. The molecule has 1 aromatic heterocycles. The standard InChI is InChI=1S/C14H10N2O2S/c15-13(18)14-16-11-10(17)7-6-9(12(11)19-14)8-4-2-1-3-5-8/h1-7,17H,(H2,15,18). The SMILES string of the molecule is NC(=O)c1nc2c(O)ccc(-c3ccccc3)c2s1. The van der Waals surface area contributed by atoms with Crippen LogP contribution in [0.4, 0.5) is 0 Å². The lowest BCUT2D eigenvalue weighted by Crippen LogP contribution is -2.09. The third-order valence-electron chi connectivity index (χ3n) is 2.82. The summed E-state index contributed by atoms with van der Waals surface area (Å²) in [6, 6.07) is 13.1. The van der Waals surface area contributed by atoms with Crippen LogP contribution in [-0.4, -0.2) is 16.0 Å². The molecule has 0 aliphatic rings. The average Bonchev–Trinajstić information content (AvgIpc) is 2.86. The second kappa shape index (κ2) is 4.37. The number of hydrogen-bond donors (Lipinski definition) is 2. The maximum absolute atomic E-state index is 11.2. The fraction of sp³-hybridized carbons (Fsp3) is 0. The van der Waals surface area contributed by atoms with Crippen molar-refractivity contribution in [2.45, 2.75) is 0 Å². The number of aromatic hydroxyl groups is 1. The zero-order valence-corrected chi connectivity index (χ0v) is 10.6. The van der Waals surface area contributed by atoms with Crippen molar-refractivity contribution in [1.82, 2.24) is 4.98 Å². The molecule has 0 radical (unpaired) electrons. The Kier molecular flexibility index (Phi) is 2.68. The summed E-state index contributed by atoms with van der Waals surface area (Å²) in [5.74, 6) is -0.530. The Morgan fingerprint density at radius 2 is 1.89 bits per heavy atom. The Hall–Kier alpha value is -2.40. The van der Waals surface area contributed by atoms with Gasteiger partial charge in [0.2, 0.25) is 0 Å². The number of benzene rings is 2. The van der Waals surface area contributed by atoms with Crippen LogP contribution in [0.5, 0.6) is 5.75 Å². The van der Waals surface area contributed by atoms with Crippen LogP contribution in [0.25, 0.3) is 21.3 Å². The van der Waals surface area contributed by atoms with E-state index in [-0.39, 0.29) is 10.8 Å². The van der Waals surface area contributed by atoms with Gasteiger partial charge in [-0.2, -0.15) is 0 Å². The smallest absolute Gasteiger partial charge is 0.277 e. The van der Waals surface area contributed by atoms with E-state index in [1.54, 1.807) is 6.07 Å². The predicted molar refractivity (Wildman–Crippen MR) is 75.2 cm³/mol. The van der Waals surface area contributed by atoms with Gasteiger partial charge >= 0.3 is 0 Å². The maximum atomic E-state index is 11.2. The molecule has 0 saturated heterocycles. The van der Waals surface area contributed by atoms with Crippen molar-refractivity contribution in [2.24, 2.45) is 5.73 Å². The van der Waals surface area contributed by atoms with Crippen molar-refractivity contribution in [3.8, 4) is 16.9 Å². The van der Waals surface area contributed by atoms with E-state index in [4.69, 9.17) is 5.73 Å². The molecule has 5 heteroatoms. The molecule has 0 unspecified atom stereocenters. The van der Waals surface area contributed by atoms with Crippen LogP contribution in [0, 0.1) is 0 Å². The lowest BCUT2D eigenvalue weighted by atomic mass is 10.1. The molecule has 0 aliphatic carbocycles. The van der Waals surface area contributed by atoms with Gasteiger partial charge in [0, 0.05) is 5.56 Å². The Labute approximate surface area is 113 Å². The van der Waals surface area contributed by atoms with Gasteiger partial charge in [-0.3, -0.25) is 4.79 Å². The molecule has 0 fully saturated rings. The van der Waals surface area contributed by atoms with Gasteiger partial charge in [-0.25, -0.2) is 4.98 Å². The van der Waals surface area contributed by atoms with Crippen LogP contribution in [-0.2, 0) is 0 Å². The molecule has 94 valence electrons. The summed E-state index contributed by atoms with van der Waals surface area (Å²) < 4.78 is 0.764. The van der Waals surface area contributed by atoms with E-state index in [1.165, 1.54) is 11.3 Å². The van der Waals surface area contributed by atoms with Crippen LogP contribution in [0.3, 0.4) is 0 Å². The number of carbonyl (C=O) groups excluding carboxylic acids is 1. The highest BCUT2D eigenvalue weighted by Crippen LogP contribution is 2.37. The summed E-state index contributed by atoms with van der Waals surface area (Å²) >= 11 is 1.20. The number of phenolic OH excluding ortho intramolecular Hbond substituents is 1. The highest BCUT2D eigenvalue weighted by molar-refractivity contribution is 7.20. The van der Waals surface area contributed by atoms with Crippen LogP contribution < -0.4 is 5.73 Å². The van der Waals surface area contributed by atoms with Crippen molar-refractivity contribution >= 4 is 27.5 Å². The highest BCUT2D eigenvalue weighted by Gasteiger charge is 2.15. The first-order valence-electron chi connectivity index (χ1n) is 5.64. The normalized spacial score (nSPS) is 10.7. The van der Waals surface area contributed by atoms with E-state index in [0.29, 0.717) is 5.52 Å². The van der Waals surface area contributed by atoms with Gasteiger partial charge in [0.1, 0.15) is 11.3 Å². The molecule has 1 heterocycles. The number of amides is 1. The summed E-state index contributed by atoms with van der Waals surface area (Å²) in [6.45, 7) is 0. The van der Waals surface area contributed by atoms with Crippen LogP contribution >= 0.6 is 11.3 Å². The predicted octanol–water partition coefficient (Wildman–Crippen LogP) is 2.77. The minimum Gasteiger partial charge on any atom is -0.506 e. The van der Waals surface area contributed by atoms with Gasteiger partial charge in [-0.05, 0) is 17.7 Å². The van der Waals surface area contributed by atoms with Crippen molar-refractivity contribution in [3.63, 3.8) is 0 Å². The largest absolute Gasteiger partial charge is 0.506 e. The van der Waals surface area contributed by atoms with Gasteiger partial charge in [0.05, 0.1) is 4.70 Å². The fourth-order valence-electron chi connectivity index (χ4n) is 1.94. The molecule has 0 spiro atoms. The Balaban J connectivity index is 2.32. The Morgan fingerprint density at radius 3 is 2.58 bits per heavy atom. The number of nitrogens with two attached hydrogens (primary N) is 1. The third kappa shape index (κ3) is 1.94. The Morgan fingerprint density at radius 1 is 1.16 bits per heavy atom. The quantitative estimate of drug-likeness (QED) is 0.751. The summed E-state index contributed by atoms with van der Waals surface area (Å²) in [4.78, 5) is 15.3. The van der Waals surface area contributed by atoms with E-state index in [2.05, 4.69) is 4.98 Å². The molecule has 0 atom stereocenters. The van der Waals surface area contributed by atoms with Crippen molar-refractivity contribution < 1.29 is 9.90 Å². The molecule has 4 nitrogen and oxygen atoms in total. The summed E-state index contributed by atoms with van der Waals surface area (Å²) in [6.07, 6.45) is 0. The van der Waals surface area contributed by atoms with E-state index in [9.17, 15) is 9.90 Å².